The number of nitrogens with one attached hydrogen (secondary N) is 1. The van der Waals surface area contributed by atoms with Gasteiger partial charge < -0.3 is 4.90 Å². The first kappa shape index (κ1) is 13.7. The molecular weight excluding hydrogens is 277 g/mol. The Hall–Kier alpha value is -2.30. The molecule has 1 aliphatic rings. The van der Waals surface area contributed by atoms with E-state index in [-0.39, 0.29) is 0 Å². The molecule has 0 amide bonds. The van der Waals surface area contributed by atoms with E-state index in [1.165, 1.54) is 6.07 Å². The maximum absolute atomic E-state index is 12.7. The normalized spacial score (nSPS) is 14.4. The summed E-state index contributed by atoms with van der Waals surface area (Å²) in [5, 5.41) is 8.12. The minimum absolute atomic E-state index is 0.303. The van der Waals surface area contributed by atoms with Crippen molar-refractivity contribution in [2.24, 2.45) is 0 Å². The first-order valence-electron chi connectivity index (χ1n) is 6.53. The van der Waals surface area contributed by atoms with E-state index < -0.39 is 11.7 Å². The number of halogens is 3. The summed E-state index contributed by atoms with van der Waals surface area (Å²) in [6.45, 7) is 0.864. The molecule has 3 rings (SSSR count). The van der Waals surface area contributed by atoms with E-state index in [1.54, 1.807) is 11.0 Å². The van der Waals surface area contributed by atoms with E-state index in [0.717, 1.165) is 23.3 Å². The van der Waals surface area contributed by atoms with Crippen LogP contribution < -0.4 is 0 Å². The third-order valence-corrected chi connectivity index (χ3v) is 3.58. The van der Waals surface area contributed by atoms with Gasteiger partial charge in [-0.3, -0.25) is 5.41 Å². The molecule has 0 aliphatic carbocycles. The summed E-state index contributed by atoms with van der Waals surface area (Å²) < 4.78 is 38.2. The zero-order valence-corrected chi connectivity index (χ0v) is 11.1. The Morgan fingerprint density at radius 1 is 1.05 bits per heavy atom. The van der Waals surface area contributed by atoms with Gasteiger partial charge in [0.25, 0.3) is 0 Å². The molecule has 0 bridgehead atoms. The molecule has 0 spiro atoms. The van der Waals surface area contributed by atoms with E-state index in [1.807, 2.05) is 24.3 Å². The van der Waals surface area contributed by atoms with Crippen molar-refractivity contribution in [3.63, 3.8) is 0 Å². The zero-order valence-electron chi connectivity index (χ0n) is 11.1. The summed E-state index contributed by atoms with van der Waals surface area (Å²) in [5.74, 6) is 0.364. The van der Waals surface area contributed by atoms with Gasteiger partial charge in [-0.2, -0.15) is 13.2 Å². The van der Waals surface area contributed by atoms with Crippen LogP contribution in [0.5, 0.6) is 0 Å². The van der Waals surface area contributed by atoms with Crippen LogP contribution >= 0.6 is 0 Å². The van der Waals surface area contributed by atoms with Crippen molar-refractivity contribution in [1.29, 1.82) is 5.41 Å². The monoisotopic (exact) mass is 290 g/mol. The average Bonchev–Trinajstić information content (AvgIpc) is 2.75. The van der Waals surface area contributed by atoms with E-state index in [9.17, 15) is 13.2 Å². The molecule has 0 saturated heterocycles. The number of nitrogens with zero attached hydrogens (tertiary/aromatic N) is 1. The number of alkyl halides is 3. The van der Waals surface area contributed by atoms with Gasteiger partial charge in [0.2, 0.25) is 0 Å². The maximum Gasteiger partial charge on any atom is 0.416 e. The van der Waals surface area contributed by atoms with Gasteiger partial charge in [0.05, 0.1) is 5.56 Å². The van der Waals surface area contributed by atoms with Crippen molar-refractivity contribution in [2.45, 2.75) is 19.3 Å². The van der Waals surface area contributed by atoms with Gasteiger partial charge >= 0.3 is 6.18 Å². The number of hydrogen-bond acceptors (Lipinski definition) is 1. The highest BCUT2D eigenvalue weighted by molar-refractivity contribution is 6.00. The quantitative estimate of drug-likeness (QED) is 0.887. The molecule has 108 valence electrons. The first-order chi connectivity index (χ1) is 9.95. The van der Waals surface area contributed by atoms with Crippen molar-refractivity contribution >= 4 is 5.84 Å². The molecule has 1 N–H and O–H groups in total. The van der Waals surface area contributed by atoms with Crippen LogP contribution in [-0.4, -0.2) is 10.7 Å². The Labute approximate surface area is 120 Å². The molecule has 0 unspecified atom stereocenters. The van der Waals surface area contributed by atoms with Crippen LogP contribution in [0.15, 0.2) is 48.5 Å². The Morgan fingerprint density at radius 2 is 1.81 bits per heavy atom. The summed E-state index contributed by atoms with van der Waals surface area (Å²) in [5.41, 5.74) is 1.80. The number of benzene rings is 2. The predicted octanol–water partition coefficient (Wildman–Crippen LogP) is 4.05. The molecule has 2 nitrogen and oxygen atoms in total. The molecule has 21 heavy (non-hydrogen) atoms. The van der Waals surface area contributed by atoms with E-state index in [0.29, 0.717) is 24.5 Å². The van der Waals surface area contributed by atoms with Crippen LogP contribution in [0.25, 0.3) is 0 Å². The number of amidine groups is 1. The van der Waals surface area contributed by atoms with Gasteiger partial charge in [-0.05, 0) is 23.3 Å². The lowest BCUT2D eigenvalue weighted by atomic mass is 10.1. The number of hydrogen-bond donors (Lipinski definition) is 1. The highest BCUT2D eigenvalue weighted by Crippen LogP contribution is 2.30. The highest BCUT2D eigenvalue weighted by Gasteiger charge is 2.31. The third kappa shape index (κ3) is 2.63. The molecule has 2 aromatic rings. The Bertz CT molecular complexity index is 692. The Kier molecular flexibility index (Phi) is 3.20. The fourth-order valence-electron chi connectivity index (χ4n) is 2.55. The Morgan fingerprint density at radius 3 is 2.52 bits per heavy atom. The second-order valence-corrected chi connectivity index (χ2v) is 5.06. The SMILES string of the molecule is N=C1c2ccccc2CN1Cc1cccc(C(F)(F)F)c1. The molecule has 0 fully saturated rings. The van der Waals surface area contributed by atoms with Gasteiger partial charge in [0.15, 0.2) is 0 Å². The van der Waals surface area contributed by atoms with Gasteiger partial charge in [-0.1, -0.05) is 36.4 Å². The third-order valence-electron chi connectivity index (χ3n) is 3.58. The van der Waals surface area contributed by atoms with E-state index in [2.05, 4.69) is 0 Å². The predicted molar refractivity (Wildman–Crippen MR) is 74.0 cm³/mol. The van der Waals surface area contributed by atoms with Crippen LogP contribution in [0, 0.1) is 5.41 Å². The van der Waals surface area contributed by atoms with Crippen molar-refractivity contribution in [3.8, 4) is 0 Å². The van der Waals surface area contributed by atoms with Gasteiger partial charge in [0.1, 0.15) is 5.84 Å². The van der Waals surface area contributed by atoms with Crippen molar-refractivity contribution < 1.29 is 13.2 Å². The van der Waals surface area contributed by atoms with Crippen LogP contribution in [-0.2, 0) is 19.3 Å². The van der Waals surface area contributed by atoms with Gasteiger partial charge in [-0.15, -0.1) is 0 Å². The van der Waals surface area contributed by atoms with Crippen molar-refractivity contribution in [1.82, 2.24) is 4.90 Å². The van der Waals surface area contributed by atoms with Crippen molar-refractivity contribution in [3.05, 3.63) is 70.8 Å². The molecule has 0 atom stereocenters. The Balaban J connectivity index is 1.82. The number of fused-ring (bicyclic) bond motifs is 1. The molecule has 0 aromatic heterocycles. The van der Waals surface area contributed by atoms with Crippen LogP contribution in [0.3, 0.4) is 0 Å². The zero-order chi connectivity index (χ0) is 15.0. The standard InChI is InChI=1S/C16H13F3N2/c17-16(18,19)13-6-3-4-11(8-13)9-21-10-12-5-1-2-7-14(12)15(21)20/h1-8,20H,9-10H2. The summed E-state index contributed by atoms with van der Waals surface area (Å²) in [7, 11) is 0. The molecule has 1 heterocycles. The topological polar surface area (TPSA) is 27.1 Å². The second-order valence-electron chi connectivity index (χ2n) is 5.06. The molecule has 2 aromatic carbocycles. The largest absolute Gasteiger partial charge is 0.416 e. The highest BCUT2D eigenvalue weighted by atomic mass is 19.4. The molecule has 0 saturated carbocycles. The summed E-state index contributed by atoms with van der Waals surface area (Å²) in [4.78, 5) is 1.78. The maximum atomic E-state index is 12.7. The lowest BCUT2D eigenvalue weighted by Crippen LogP contribution is -2.23. The fraction of sp³-hybridized carbons (Fsp3) is 0.188. The molecule has 0 radical (unpaired) electrons. The molecule has 1 aliphatic heterocycles. The lowest BCUT2D eigenvalue weighted by molar-refractivity contribution is -0.137. The van der Waals surface area contributed by atoms with Gasteiger partial charge in [-0.25, -0.2) is 0 Å². The van der Waals surface area contributed by atoms with Crippen LogP contribution in [0.2, 0.25) is 0 Å². The smallest absolute Gasteiger partial charge is 0.348 e. The molecule has 5 heteroatoms. The van der Waals surface area contributed by atoms with E-state index >= 15 is 0 Å². The summed E-state index contributed by atoms with van der Waals surface area (Å²) in [6.07, 6.45) is -4.34. The second kappa shape index (κ2) is 4.91. The first-order valence-corrected chi connectivity index (χ1v) is 6.53. The fourth-order valence-corrected chi connectivity index (χ4v) is 2.55. The van der Waals surface area contributed by atoms with Crippen LogP contribution in [0.4, 0.5) is 13.2 Å². The van der Waals surface area contributed by atoms with Gasteiger partial charge in [0, 0.05) is 18.7 Å². The minimum atomic E-state index is -4.34. The van der Waals surface area contributed by atoms with Crippen molar-refractivity contribution in [2.75, 3.05) is 0 Å². The number of rotatable bonds is 2. The lowest BCUT2D eigenvalue weighted by Gasteiger charge is -2.18. The van der Waals surface area contributed by atoms with Crippen LogP contribution in [0.1, 0.15) is 22.3 Å². The minimum Gasteiger partial charge on any atom is -0.348 e. The average molecular weight is 290 g/mol. The summed E-state index contributed by atoms with van der Waals surface area (Å²) >= 11 is 0. The van der Waals surface area contributed by atoms with E-state index in [4.69, 9.17) is 5.41 Å². The summed E-state index contributed by atoms with van der Waals surface area (Å²) in [6, 6.07) is 12.8. The molecular formula is C16H13F3N2.